The third-order valence-electron chi connectivity index (χ3n) is 5.41. The second kappa shape index (κ2) is 7.31. The summed E-state index contributed by atoms with van der Waals surface area (Å²) >= 11 is 0. The normalized spacial score (nSPS) is 19.6. The Balaban J connectivity index is 1.64. The highest BCUT2D eigenvalue weighted by Gasteiger charge is 2.19. The first-order chi connectivity index (χ1) is 12.3. The molecule has 1 aliphatic carbocycles. The first-order valence-electron chi connectivity index (χ1n) is 9.28. The monoisotopic (exact) mass is 335 g/mol. The Morgan fingerprint density at radius 1 is 1.20 bits per heavy atom. The summed E-state index contributed by atoms with van der Waals surface area (Å²) < 4.78 is 0. The summed E-state index contributed by atoms with van der Waals surface area (Å²) in [6.07, 6.45) is 11.1. The number of piperidine rings is 1. The maximum absolute atomic E-state index is 7.72. The smallest absolute Gasteiger partial charge is 0.0922 e. The highest BCUT2D eigenvalue weighted by atomic mass is 14.9. The van der Waals surface area contributed by atoms with E-state index in [9.17, 15) is 0 Å². The molecule has 1 saturated carbocycles. The molecular weight excluding hydrogens is 310 g/mol. The number of benzene rings is 1. The molecule has 0 unspecified atom stereocenters. The molecule has 25 heavy (non-hydrogen) atoms. The Bertz CT molecular complexity index is 788. The van der Waals surface area contributed by atoms with Gasteiger partial charge in [0.2, 0.25) is 0 Å². The number of hydrogen-bond donors (Lipinski definition) is 3. The molecule has 0 bridgehead atoms. The lowest BCUT2D eigenvalue weighted by Crippen LogP contribution is -2.31. The Hall–Kier alpha value is -2.27. The van der Waals surface area contributed by atoms with Gasteiger partial charge >= 0.3 is 0 Å². The molecular formula is C20H25N5. The number of rotatable bonds is 5. The lowest BCUT2D eigenvalue weighted by molar-refractivity contribution is 0.373. The number of nitrogens with zero attached hydrogens (tertiary/aromatic N) is 2. The van der Waals surface area contributed by atoms with Gasteiger partial charge < -0.3 is 16.0 Å². The summed E-state index contributed by atoms with van der Waals surface area (Å²) in [6, 6.07) is 6.85. The third kappa shape index (κ3) is 3.42. The van der Waals surface area contributed by atoms with E-state index in [0.717, 1.165) is 48.2 Å². The van der Waals surface area contributed by atoms with Crippen molar-refractivity contribution < 1.29 is 0 Å². The minimum atomic E-state index is 0.551. The van der Waals surface area contributed by atoms with Gasteiger partial charge in [-0.2, -0.15) is 0 Å². The maximum atomic E-state index is 7.72. The molecule has 2 aliphatic rings. The van der Waals surface area contributed by atoms with E-state index in [4.69, 9.17) is 15.4 Å². The van der Waals surface area contributed by atoms with Gasteiger partial charge in [-0.1, -0.05) is 12.1 Å². The van der Waals surface area contributed by atoms with Gasteiger partial charge in [0, 0.05) is 24.0 Å². The minimum absolute atomic E-state index is 0.551. The van der Waals surface area contributed by atoms with Gasteiger partial charge in [0.25, 0.3) is 0 Å². The molecule has 1 aliphatic heterocycles. The van der Waals surface area contributed by atoms with E-state index in [2.05, 4.69) is 22.8 Å². The molecule has 0 spiro atoms. The van der Waals surface area contributed by atoms with Crippen molar-refractivity contribution in [1.29, 1.82) is 5.41 Å². The fourth-order valence-corrected chi connectivity index (χ4v) is 3.64. The molecule has 130 valence electrons. The van der Waals surface area contributed by atoms with E-state index in [1.165, 1.54) is 31.0 Å². The second-order valence-corrected chi connectivity index (χ2v) is 7.03. The van der Waals surface area contributed by atoms with Crippen molar-refractivity contribution in [3.63, 3.8) is 0 Å². The van der Waals surface area contributed by atoms with Crippen LogP contribution in [0.5, 0.6) is 0 Å². The molecule has 2 aromatic rings. The standard InChI is InChI=1S/C20H25N5/c21-11-15(12-23-16-3-1-4-16)19-13-24-20-17(5-2-6-18(20)25-19)14-7-9-22-10-8-14/h2,5-6,11-14,16,21-23H,1,3-4,7-10H2/b15-12+,21-11?. The van der Waals surface area contributed by atoms with E-state index in [-0.39, 0.29) is 0 Å². The molecule has 0 atom stereocenters. The van der Waals surface area contributed by atoms with Gasteiger partial charge in [-0.25, -0.2) is 4.98 Å². The number of nitrogens with one attached hydrogen (secondary N) is 3. The summed E-state index contributed by atoms with van der Waals surface area (Å²) in [6.45, 7) is 2.14. The lowest BCUT2D eigenvalue weighted by Gasteiger charge is -2.25. The summed E-state index contributed by atoms with van der Waals surface area (Å²) in [5.41, 5.74) is 4.79. The molecule has 4 rings (SSSR count). The number of allylic oxidation sites excluding steroid dienone is 1. The van der Waals surface area contributed by atoms with Crippen molar-refractivity contribution in [1.82, 2.24) is 20.6 Å². The van der Waals surface area contributed by atoms with Gasteiger partial charge in [0.05, 0.1) is 22.9 Å². The number of para-hydroxylation sites is 1. The highest BCUT2D eigenvalue weighted by molar-refractivity contribution is 6.07. The molecule has 5 nitrogen and oxygen atoms in total. The van der Waals surface area contributed by atoms with E-state index in [1.54, 1.807) is 0 Å². The van der Waals surface area contributed by atoms with Gasteiger partial charge in [-0.05, 0) is 62.7 Å². The quantitative estimate of drug-likeness (QED) is 0.734. The number of aromatic nitrogens is 2. The molecule has 1 aromatic carbocycles. The van der Waals surface area contributed by atoms with Crippen LogP contribution in [0.1, 0.15) is 49.3 Å². The van der Waals surface area contributed by atoms with E-state index >= 15 is 0 Å². The van der Waals surface area contributed by atoms with Crippen molar-refractivity contribution >= 4 is 22.8 Å². The average Bonchev–Trinajstić information content (AvgIpc) is 2.63. The Morgan fingerprint density at radius 2 is 2.04 bits per heavy atom. The molecule has 5 heteroatoms. The lowest BCUT2D eigenvalue weighted by atomic mass is 9.89. The van der Waals surface area contributed by atoms with Gasteiger partial charge in [-0.3, -0.25) is 4.98 Å². The van der Waals surface area contributed by atoms with E-state index in [1.807, 2.05) is 18.5 Å². The summed E-state index contributed by atoms with van der Waals surface area (Å²) in [4.78, 5) is 9.52. The van der Waals surface area contributed by atoms with Gasteiger partial charge in [-0.15, -0.1) is 0 Å². The minimum Gasteiger partial charge on any atom is -0.388 e. The second-order valence-electron chi connectivity index (χ2n) is 7.03. The van der Waals surface area contributed by atoms with Crippen LogP contribution in [0.2, 0.25) is 0 Å². The van der Waals surface area contributed by atoms with E-state index in [0.29, 0.717) is 12.0 Å². The predicted octanol–water partition coefficient (Wildman–Crippen LogP) is 3.23. The average molecular weight is 335 g/mol. The van der Waals surface area contributed by atoms with Crippen LogP contribution in [-0.2, 0) is 0 Å². The molecule has 1 aromatic heterocycles. The van der Waals surface area contributed by atoms with Gasteiger partial charge in [0.15, 0.2) is 0 Å². The zero-order valence-electron chi connectivity index (χ0n) is 14.5. The van der Waals surface area contributed by atoms with Crippen LogP contribution < -0.4 is 10.6 Å². The van der Waals surface area contributed by atoms with Crippen LogP contribution in [0.4, 0.5) is 0 Å². The van der Waals surface area contributed by atoms with Crippen LogP contribution >= 0.6 is 0 Å². The van der Waals surface area contributed by atoms with Crippen LogP contribution in [0.15, 0.2) is 30.6 Å². The molecule has 2 fully saturated rings. The van der Waals surface area contributed by atoms with Crippen LogP contribution in [0, 0.1) is 5.41 Å². The number of hydrogen-bond acceptors (Lipinski definition) is 5. The van der Waals surface area contributed by atoms with Gasteiger partial charge in [0.1, 0.15) is 0 Å². The van der Waals surface area contributed by atoms with Crippen molar-refractivity contribution in [2.45, 2.75) is 44.1 Å². The molecule has 0 amide bonds. The summed E-state index contributed by atoms with van der Waals surface area (Å²) in [7, 11) is 0. The Morgan fingerprint density at radius 3 is 2.76 bits per heavy atom. The SMILES string of the molecule is N=C/C(=C\NC1CCC1)c1cnc2c(C3CCNCC3)cccc2n1. The highest BCUT2D eigenvalue weighted by Crippen LogP contribution is 2.30. The van der Waals surface area contributed by atoms with Crippen LogP contribution in [0.3, 0.4) is 0 Å². The fourth-order valence-electron chi connectivity index (χ4n) is 3.64. The Kier molecular flexibility index (Phi) is 4.74. The van der Waals surface area contributed by atoms with Crippen molar-refractivity contribution in [3.8, 4) is 0 Å². The first kappa shape index (κ1) is 16.2. The molecule has 3 N–H and O–H groups in total. The van der Waals surface area contributed by atoms with Crippen molar-refractivity contribution in [2.24, 2.45) is 0 Å². The largest absolute Gasteiger partial charge is 0.388 e. The summed E-state index contributed by atoms with van der Waals surface area (Å²) in [5.74, 6) is 0.558. The first-order valence-corrected chi connectivity index (χ1v) is 9.28. The number of fused-ring (bicyclic) bond motifs is 1. The predicted molar refractivity (Wildman–Crippen MR) is 102 cm³/mol. The Labute approximate surface area is 148 Å². The van der Waals surface area contributed by atoms with Crippen LogP contribution in [-0.4, -0.2) is 35.3 Å². The van der Waals surface area contributed by atoms with Crippen LogP contribution in [0.25, 0.3) is 16.6 Å². The maximum Gasteiger partial charge on any atom is 0.0922 e. The fraction of sp³-hybridized carbons (Fsp3) is 0.450. The van der Waals surface area contributed by atoms with E-state index < -0.39 is 0 Å². The molecule has 0 radical (unpaired) electrons. The van der Waals surface area contributed by atoms with Crippen molar-refractivity contribution in [2.75, 3.05) is 13.1 Å². The molecule has 1 saturated heterocycles. The zero-order valence-corrected chi connectivity index (χ0v) is 14.5. The zero-order chi connectivity index (χ0) is 17.1. The summed E-state index contributed by atoms with van der Waals surface area (Å²) in [5, 5.41) is 14.5. The third-order valence-corrected chi connectivity index (χ3v) is 5.41. The van der Waals surface area contributed by atoms with Crippen molar-refractivity contribution in [3.05, 3.63) is 41.9 Å². The molecule has 2 heterocycles. The topological polar surface area (TPSA) is 73.7 Å².